The van der Waals surface area contributed by atoms with E-state index in [0.717, 1.165) is 72.0 Å². The van der Waals surface area contributed by atoms with Crippen LogP contribution in [0.2, 0.25) is 90.7 Å². The van der Waals surface area contributed by atoms with Crippen molar-refractivity contribution in [2.45, 2.75) is 349 Å². The molecule has 6 N–H and O–H groups in total. The van der Waals surface area contributed by atoms with E-state index in [2.05, 4.69) is 310 Å². The van der Waals surface area contributed by atoms with Gasteiger partial charge >= 0.3 is 19.9 Å². The van der Waals surface area contributed by atoms with Gasteiger partial charge in [-0.1, -0.05) is 295 Å². The molecule has 11 rings (SSSR count). The van der Waals surface area contributed by atoms with Gasteiger partial charge in [-0.05, 0) is 177 Å². The van der Waals surface area contributed by atoms with Crippen LogP contribution >= 0.6 is 18.8 Å². The van der Waals surface area contributed by atoms with Gasteiger partial charge in [-0.25, -0.2) is 14.2 Å². The number of nitrogens with one attached hydrogen (secondary N) is 3. The number of rotatable bonds is 24. The molecule has 5 fully saturated rings. The van der Waals surface area contributed by atoms with Crippen molar-refractivity contribution in [1.82, 2.24) is 35.6 Å². The van der Waals surface area contributed by atoms with E-state index in [4.69, 9.17) is 58.4 Å². The Kier molecular flexibility index (Phi) is 48.9. The van der Waals surface area contributed by atoms with Gasteiger partial charge in [-0.3, -0.25) is 19.6 Å². The van der Waals surface area contributed by atoms with Crippen molar-refractivity contribution in [2.24, 2.45) is 10.00 Å². The van der Waals surface area contributed by atoms with Gasteiger partial charge in [0.15, 0.2) is 40.7 Å². The molecule has 6 aromatic carbocycles. The highest BCUT2D eigenvalue weighted by molar-refractivity contribution is 7.53. The van der Waals surface area contributed by atoms with Gasteiger partial charge in [0.1, 0.15) is 22.7 Å². The number of carbonyl (C=O) groups is 2. The molecule has 2 amide bonds. The van der Waals surface area contributed by atoms with Crippen molar-refractivity contribution >= 4 is 71.7 Å². The Balaban J connectivity index is 0.000000549. The molecule has 0 aromatic heterocycles. The first-order valence-electron chi connectivity index (χ1n) is 47.1. The summed E-state index contributed by atoms with van der Waals surface area (Å²) < 4.78 is 59.4. The summed E-state index contributed by atoms with van der Waals surface area (Å²) in [6, 6.07) is 57.9. The second kappa shape index (κ2) is 53.9. The topological polar surface area (TPSA) is 332 Å². The normalized spacial score (nSPS) is 21.0. The van der Waals surface area contributed by atoms with Crippen LogP contribution in [0, 0.1) is 0 Å². The molecule has 5 aliphatic rings. The van der Waals surface area contributed by atoms with Crippen LogP contribution in [0.25, 0.3) is 20.9 Å². The third-order valence-corrected chi connectivity index (χ3v) is 50.4. The van der Waals surface area contributed by atoms with Gasteiger partial charge in [-0.15, -0.1) is 0 Å². The van der Waals surface area contributed by atoms with Crippen molar-refractivity contribution in [3.8, 4) is 11.5 Å². The summed E-state index contributed by atoms with van der Waals surface area (Å²) in [5.41, 5.74) is 21.4. The number of hydrogen-bond donors (Lipinski definition) is 6. The Morgan fingerprint density at radius 2 is 0.684 bits per heavy atom. The fraction of sp³-hybridized carbons (Fsp3) is 0.627. The minimum Gasteiger partial charge on any atom is -0.444 e. The number of β-amino-alcohol motifs (C(OH)–C–C–N with tert-alkyl or cyclic N) is 3. The summed E-state index contributed by atoms with van der Waals surface area (Å²) in [6.07, 6.45) is -2.36. The Hall–Kier alpha value is -6.80. The third-order valence-electron chi connectivity index (χ3n) is 25.9. The van der Waals surface area contributed by atoms with Gasteiger partial charge in [-0.2, -0.15) is 11.1 Å². The average Bonchev–Trinajstić information content (AvgIpc) is 1.70. The molecular weight excluding hydrogens is 1840 g/mol. The summed E-state index contributed by atoms with van der Waals surface area (Å²) >= 11 is 6.15. The smallest absolute Gasteiger partial charge is 0.444 e. The molecule has 5 heterocycles. The summed E-state index contributed by atoms with van der Waals surface area (Å²) in [5, 5.41) is 43.3. The molecule has 5 saturated heterocycles. The van der Waals surface area contributed by atoms with Crippen LogP contribution in [0.15, 0.2) is 192 Å². The van der Waals surface area contributed by atoms with E-state index in [-0.39, 0.29) is 97.3 Å². The number of nitrogens with zero attached hydrogens (tertiary/aromatic N) is 10. The van der Waals surface area contributed by atoms with Gasteiger partial charge in [0.25, 0.3) is 0 Å². The number of ether oxygens (including phenoxy) is 2. The number of likely N-dealkylation sites (tertiary alicyclic amines) is 4. The number of hydrogen-bond acceptors (Lipinski definition) is 20. The Bertz CT molecular complexity index is 4550. The highest BCUT2D eigenvalue weighted by Gasteiger charge is 2.48. The van der Waals surface area contributed by atoms with E-state index in [0.29, 0.717) is 36.2 Å². The standard InChI is InChI=1S/C22H38N2O3Si.C17H28N4OSi.C17H29NO2Si.C15H32N2O3Si.C12H10N3O3P.C11H15NO2.C6H15ClSi.2CH4.H2/c1-21(2,3)26-20(25)23-18-15-24(14-17-12-10-9-11-13-17)16-19(18)27-28(7,8)22(4,5)6;1-17(2,3)23(4,5)22-16-13-21(12-15(16)19-20-18)11-14-9-7-6-8-10-14;1-17(2,3)21(4,5)20-16-13-18(12-15(16)19)11-14-9-7-6-8-10-14;1-14(2,3)19-13(18)17-11-9-16-10-12(11)20-21(7,8)15(4,5)6;13-14-15-19(16,17-11-7-3-1-4-8-11)18-12-9-5-2-6-10-12;13-10-7-12(8-11(10)14)6-9-4-2-1-3-5-9;1-6(2,3)8(4,5)7;;;/h9-13,18-19H,14-16H2,1-8H3,(H,23,25);6-10,15-16H,11-13H2,1-5H3;6-10,15-16,19H,11-13H2,1-5H3;11-12,16H,9-10H2,1-8H3,(H,17,18);1-10H;1-5,10-11,13-14H,6-8H2;1-5H3;2*1H4;1H/t18-,19+;15-,16+;15-,16-;11-,12+;;10-,11-;;;;/m1101.0..../s1. The fourth-order valence-electron chi connectivity index (χ4n) is 13.3. The van der Waals surface area contributed by atoms with E-state index < -0.39 is 71.8 Å². The first-order chi connectivity index (χ1) is 61.7. The molecule has 136 heavy (non-hydrogen) atoms. The maximum absolute atomic E-state index is 12.4. The van der Waals surface area contributed by atoms with Crippen molar-refractivity contribution in [3.05, 3.63) is 225 Å². The number of benzene rings is 6. The van der Waals surface area contributed by atoms with Crippen LogP contribution in [0.4, 0.5) is 9.59 Å². The molecule has 6 aromatic rings. The lowest BCUT2D eigenvalue weighted by Crippen LogP contribution is -2.51. The zero-order valence-corrected chi connectivity index (χ0v) is 93.3. The number of azide groups is 2. The minimum absolute atomic E-state index is 0. The van der Waals surface area contributed by atoms with E-state index in [1.54, 1.807) is 60.7 Å². The Morgan fingerprint density at radius 3 is 1.01 bits per heavy atom. The lowest BCUT2D eigenvalue weighted by atomic mass is 10.2. The maximum atomic E-state index is 12.4. The minimum atomic E-state index is -3.95. The number of aliphatic hydroxyl groups is 3. The van der Waals surface area contributed by atoms with E-state index in [1.807, 2.05) is 77.9 Å². The second-order valence-corrected chi connectivity index (χ2v) is 73.0. The summed E-state index contributed by atoms with van der Waals surface area (Å²) in [7, 11) is -12.8. The van der Waals surface area contributed by atoms with Crippen molar-refractivity contribution < 1.29 is 67.1 Å². The number of para-hydroxylation sites is 2. The van der Waals surface area contributed by atoms with Crippen LogP contribution in [-0.4, -0.2) is 225 Å². The molecule has 0 aliphatic carbocycles. The lowest BCUT2D eigenvalue weighted by molar-refractivity contribution is 0.0457. The van der Waals surface area contributed by atoms with E-state index in [9.17, 15) is 29.5 Å². The van der Waals surface area contributed by atoms with Crippen LogP contribution in [0.1, 0.15) is 184 Å². The molecule has 0 spiro atoms. The molecule has 766 valence electrons. The van der Waals surface area contributed by atoms with Crippen LogP contribution in [0.5, 0.6) is 11.5 Å². The zero-order chi connectivity index (χ0) is 101. The van der Waals surface area contributed by atoms with Gasteiger partial charge in [0.2, 0.25) is 0 Å². The van der Waals surface area contributed by atoms with Gasteiger partial charge in [0, 0.05) is 108 Å². The first kappa shape index (κ1) is 123. The Morgan fingerprint density at radius 1 is 0.404 bits per heavy atom. The lowest BCUT2D eigenvalue weighted by Gasteiger charge is -2.39. The summed E-state index contributed by atoms with van der Waals surface area (Å²) in [4.78, 5) is 42.0. The van der Waals surface area contributed by atoms with Crippen LogP contribution in [0.3, 0.4) is 0 Å². The SMILES string of the molecule is C.C.CC(C)(C)OC(=O)N[C@@H]1CN(Cc2ccccc2)C[C@@H]1O[Si](C)(C)C(C)(C)C.CC(C)(C)OC(=O)N[C@@H]1CNC[C@@H]1O[Si](C)(C)C(C)(C)C.CC(C)(C)[Si](C)(C)Cl.CC(C)(C)[Si](C)(C)O[C@H]1CN(Cc2ccccc2)C[C@@H]1O.CC(C)(C)[Si](C)(C)O[C@H]1CN(Cc2ccccc2)C[C@H]1N=[N+]=[N-].O[C@H]1CN(Cc2ccccc2)C[C@@H]1O.[HH].[N-]=[N+]=NP(=O)(Oc1ccccc1)Oc1ccccc1. The zero-order valence-electron chi connectivity index (χ0n) is 86.6. The van der Waals surface area contributed by atoms with Crippen molar-refractivity contribution in [1.29, 1.82) is 0 Å². The Labute approximate surface area is 830 Å². The predicted molar refractivity (Wildman–Crippen MR) is 575 cm³/mol. The largest absolute Gasteiger partial charge is 0.525 e. The summed E-state index contributed by atoms with van der Waals surface area (Å²) in [5.74, 6) is 0.600. The van der Waals surface area contributed by atoms with Crippen molar-refractivity contribution in [2.75, 3.05) is 65.4 Å². The molecule has 0 radical (unpaired) electrons. The van der Waals surface area contributed by atoms with E-state index >= 15 is 0 Å². The van der Waals surface area contributed by atoms with Crippen molar-refractivity contribution in [3.63, 3.8) is 0 Å². The molecule has 34 heteroatoms. The quantitative estimate of drug-likeness (QED) is 0.00819. The third kappa shape index (κ3) is 43.7. The molecular formula is C102H177ClN13O14PSi5. The average molecular weight is 2020 g/mol. The fourth-order valence-corrected chi connectivity index (χ4v) is 19.7. The number of alkyl carbamates (subject to hydrolysis) is 2. The molecule has 10 atom stereocenters. The monoisotopic (exact) mass is 2010 g/mol. The number of carbonyl (C=O) groups excluding carboxylic acids is 2. The molecule has 5 aliphatic heterocycles. The number of halogens is 1. The molecule has 0 bridgehead atoms. The van der Waals surface area contributed by atoms with Gasteiger partial charge < -0.3 is 67.5 Å². The number of aliphatic hydroxyl groups excluding tert-OH is 3. The number of amides is 2. The van der Waals surface area contributed by atoms with Gasteiger partial charge in [0.05, 0.1) is 60.9 Å². The molecule has 0 saturated carbocycles. The summed E-state index contributed by atoms with van der Waals surface area (Å²) in [6.45, 7) is 77.7. The first-order valence-corrected chi connectivity index (χ1v) is 64.3. The highest BCUT2D eigenvalue weighted by atomic mass is 35.6. The molecule has 27 nitrogen and oxygen atoms in total. The highest BCUT2D eigenvalue weighted by Crippen LogP contribution is 2.50. The van der Waals surface area contributed by atoms with E-state index in [1.165, 1.54) is 22.3 Å². The van der Waals surface area contributed by atoms with Crippen LogP contribution in [-0.2, 0) is 57.9 Å². The maximum Gasteiger partial charge on any atom is 0.525 e. The second-order valence-electron chi connectivity index (χ2n) is 45.2. The van der Waals surface area contributed by atoms with Crippen LogP contribution < -0.4 is 25.0 Å². The predicted octanol–water partition coefficient (Wildman–Crippen LogP) is 25.0. The molecule has 0 unspecified atom stereocenters.